The SMILES string of the molecule is Cc1cc(S(=O)(=O)N2CCCCC2CCO)cc(N)c1C. The Morgan fingerprint density at radius 1 is 1.33 bits per heavy atom. The van der Waals surface area contributed by atoms with Gasteiger partial charge in [0.05, 0.1) is 4.90 Å². The van der Waals surface area contributed by atoms with Crippen LogP contribution in [-0.4, -0.2) is 37.0 Å². The van der Waals surface area contributed by atoms with Gasteiger partial charge in [0.1, 0.15) is 0 Å². The minimum atomic E-state index is -3.55. The Morgan fingerprint density at radius 2 is 2.05 bits per heavy atom. The summed E-state index contributed by atoms with van der Waals surface area (Å²) in [6.07, 6.45) is 3.16. The molecule has 0 radical (unpaired) electrons. The van der Waals surface area contributed by atoms with Gasteiger partial charge in [-0.05, 0) is 56.4 Å². The van der Waals surface area contributed by atoms with Gasteiger partial charge in [0.25, 0.3) is 0 Å². The van der Waals surface area contributed by atoms with E-state index in [1.54, 1.807) is 12.1 Å². The topological polar surface area (TPSA) is 83.6 Å². The molecular formula is C15H24N2O3S. The molecule has 1 saturated heterocycles. The number of hydrogen-bond acceptors (Lipinski definition) is 4. The maximum Gasteiger partial charge on any atom is 0.243 e. The van der Waals surface area contributed by atoms with Crippen LogP contribution in [0.25, 0.3) is 0 Å². The molecule has 0 aliphatic carbocycles. The fourth-order valence-electron chi connectivity index (χ4n) is 2.86. The minimum absolute atomic E-state index is 0.00571. The average Bonchev–Trinajstić information content (AvgIpc) is 2.45. The molecule has 1 aromatic rings. The van der Waals surface area contributed by atoms with Crippen LogP contribution in [0.1, 0.15) is 36.8 Å². The molecule has 1 unspecified atom stereocenters. The second kappa shape index (κ2) is 6.34. The summed E-state index contributed by atoms with van der Waals surface area (Å²) in [6.45, 7) is 4.27. The molecule has 1 aliphatic heterocycles. The van der Waals surface area contributed by atoms with Gasteiger partial charge in [-0.25, -0.2) is 8.42 Å². The number of benzene rings is 1. The summed E-state index contributed by atoms with van der Waals surface area (Å²) >= 11 is 0. The summed E-state index contributed by atoms with van der Waals surface area (Å²) in [5.74, 6) is 0. The molecule has 0 aromatic heterocycles. The molecule has 0 amide bonds. The van der Waals surface area contributed by atoms with E-state index in [4.69, 9.17) is 10.8 Å². The molecule has 1 aliphatic rings. The highest BCUT2D eigenvalue weighted by Gasteiger charge is 2.33. The first-order chi connectivity index (χ1) is 9.87. The number of aliphatic hydroxyl groups excluding tert-OH is 1. The van der Waals surface area contributed by atoms with Crippen LogP contribution in [0.4, 0.5) is 5.69 Å². The van der Waals surface area contributed by atoms with Crippen molar-refractivity contribution in [2.75, 3.05) is 18.9 Å². The Bertz CT molecular complexity index is 588. The van der Waals surface area contributed by atoms with Gasteiger partial charge in [-0.3, -0.25) is 0 Å². The quantitative estimate of drug-likeness (QED) is 0.831. The zero-order chi connectivity index (χ0) is 15.6. The van der Waals surface area contributed by atoms with Gasteiger partial charge in [-0.2, -0.15) is 4.31 Å². The molecule has 21 heavy (non-hydrogen) atoms. The highest BCUT2D eigenvalue weighted by Crippen LogP contribution is 2.29. The van der Waals surface area contributed by atoms with Crippen molar-refractivity contribution < 1.29 is 13.5 Å². The van der Waals surface area contributed by atoms with Crippen LogP contribution in [-0.2, 0) is 10.0 Å². The summed E-state index contributed by atoms with van der Waals surface area (Å²) in [5, 5.41) is 9.16. The molecule has 5 nitrogen and oxygen atoms in total. The second-order valence-corrected chi connectivity index (χ2v) is 7.62. The first kappa shape index (κ1) is 16.3. The molecule has 0 saturated carbocycles. The van der Waals surface area contributed by atoms with Crippen LogP contribution >= 0.6 is 0 Å². The van der Waals surface area contributed by atoms with Crippen LogP contribution in [0, 0.1) is 13.8 Å². The van der Waals surface area contributed by atoms with Gasteiger partial charge < -0.3 is 10.8 Å². The molecule has 1 atom stereocenters. The van der Waals surface area contributed by atoms with E-state index in [2.05, 4.69) is 0 Å². The van der Waals surface area contributed by atoms with Crippen molar-refractivity contribution in [2.45, 2.75) is 50.5 Å². The van der Waals surface area contributed by atoms with Crippen LogP contribution in [0.5, 0.6) is 0 Å². The molecule has 3 N–H and O–H groups in total. The summed E-state index contributed by atoms with van der Waals surface area (Å²) in [4.78, 5) is 0.257. The maximum atomic E-state index is 12.9. The Morgan fingerprint density at radius 3 is 2.67 bits per heavy atom. The van der Waals surface area contributed by atoms with Crippen LogP contribution < -0.4 is 5.73 Å². The molecule has 1 aromatic carbocycles. The Labute approximate surface area is 126 Å². The summed E-state index contributed by atoms with van der Waals surface area (Å²) < 4.78 is 27.3. The normalized spacial score (nSPS) is 20.6. The van der Waals surface area contributed by atoms with E-state index < -0.39 is 10.0 Å². The number of rotatable bonds is 4. The highest BCUT2D eigenvalue weighted by atomic mass is 32.2. The lowest BCUT2D eigenvalue weighted by Crippen LogP contribution is -2.44. The monoisotopic (exact) mass is 312 g/mol. The van der Waals surface area contributed by atoms with Crippen molar-refractivity contribution in [1.82, 2.24) is 4.31 Å². The van der Waals surface area contributed by atoms with E-state index in [-0.39, 0.29) is 17.5 Å². The predicted molar refractivity (Wildman–Crippen MR) is 83.6 cm³/mol. The summed E-state index contributed by atoms with van der Waals surface area (Å²) in [7, 11) is -3.55. The van der Waals surface area contributed by atoms with Gasteiger partial charge in [0.15, 0.2) is 0 Å². The lowest BCUT2D eigenvalue weighted by atomic mass is 10.0. The number of hydrogen-bond donors (Lipinski definition) is 2. The Kier molecular flexibility index (Phi) is 4.91. The maximum absolute atomic E-state index is 12.9. The fourth-order valence-corrected chi connectivity index (χ4v) is 4.71. The molecule has 1 heterocycles. The zero-order valence-corrected chi connectivity index (χ0v) is 13.5. The largest absolute Gasteiger partial charge is 0.398 e. The Hall–Kier alpha value is -1.11. The number of anilines is 1. The summed E-state index contributed by atoms with van der Waals surface area (Å²) in [5.41, 5.74) is 8.22. The van der Waals surface area contributed by atoms with E-state index in [1.807, 2.05) is 13.8 Å². The fraction of sp³-hybridized carbons (Fsp3) is 0.600. The van der Waals surface area contributed by atoms with Crippen molar-refractivity contribution in [3.63, 3.8) is 0 Å². The molecule has 2 rings (SSSR count). The number of nitrogens with two attached hydrogens (primary N) is 1. The van der Waals surface area contributed by atoms with Crippen molar-refractivity contribution in [3.05, 3.63) is 23.3 Å². The number of sulfonamides is 1. The molecule has 118 valence electrons. The first-order valence-corrected chi connectivity index (χ1v) is 8.81. The minimum Gasteiger partial charge on any atom is -0.398 e. The number of aryl methyl sites for hydroxylation is 1. The van der Waals surface area contributed by atoms with Gasteiger partial charge >= 0.3 is 0 Å². The molecule has 6 heteroatoms. The van der Waals surface area contributed by atoms with Gasteiger partial charge in [-0.1, -0.05) is 6.42 Å². The predicted octanol–water partition coefficient (Wildman–Crippen LogP) is 1.81. The lowest BCUT2D eigenvalue weighted by Gasteiger charge is -2.34. The number of nitrogen functional groups attached to an aromatic ring is 1. The smallest absolute Gasteiger partial charge is 0.243 e. The Balaban J connectivity index is 2.40. The third-order valence-corrected chi connectivity index (χ3v) is 6.25. The number of nitrogens with zero attached hydrogens (tertiary/aromatic N) is 1. The summed E-state index contributed by atoms with van der Waals surface area (Å²) in [6, 6.07) is 3.12. The van der Waals surface area contributed by atoms with Crippen molar-refractivity contribution in [3.8, 4) is 0 Å². The average molecular weight is 312 g/mol. The number of aliphatic hydroxyl groups is 1. The van der Waals surface area contributed by atoms with E-state index in [0.29, 0.717) is 18.7 Å². The van der Waals surface area contributed by atoms with Gasteiger partial charge in [-0.15, -0.1) is 0 Å². The lowest BCUT2D eigenvalue weighted by molar-refractivity contribution is 0.192. The van der Waals surface area contributed by atoms with E-state index in [0.717, 1.165) is 30.4 Å². The van der Waals surface area contributed by atoms with E-state index in [9.17, 15) is 8.42 Å². The van der Waals surface area contributed by atoms with Crippen molar-refractivity contribution in [1.29, 1.82) is 0 Å². The molecule has 0 spiro atoms. The number of piperidine rings is 1. The van der Waals surface area contributed by atoms with Crippen molar-refractivity contribution in [2.24, 2.45) is 0 Å². The third kappa shape index (κ3) is 3.22. The molecule has 0 bridgehead atoms. The van der Waals surface area contributed by atoms with Gasteiger partial charge in [0.2, 0.25) is 10.0 Å². The standard InChI is InChI=1S/C15H24N2O3S/c1-11-9-14(10-15(16)12(11)2)21(19,20)17-7-4-3-5-13(17)6-8-18/h9-10,13,18H,3-8,16H2,1-2H3. The third-order valence-electron chi connectivity index (χ3n) is 4.32. The van der Waals surface area contributed by atoms with Crippen LogP contribution in [0.15, 0.2) is 17.0 Å². The first-order valence-electron chi connectivity index (χ1n) is 7.37. The zero-order valence-electron chi connectivity index (χ0n) is 12.7. The highest BCUT2D eigenvalue weighted by molar-refractivity contribution is 7.89. The van der Waals surface area contributed by atoms with Crippen LogP contribution in [0.2, 0.25) is 0 Å². The second-order valence-electron chi connectivity index (χ2n) is 5.73. The van der Waals surface area contributed by atoms with E-state index >= 15 is 0 Å². The molecule has 1 fully saturated rings. The van der Waals surface area contributed by atoms with Crippen molar-refractivity contribution >= 4 is 15.7 Å². The van der Waals surface area contributed by atoms with E-state index in [1.165, 1.54) is 4.31 Å². The van der Waals surface area contributed by atoms with Gasteiger partial charge in [0, 0.05) is 24.9 Å². The van der Waals surface area contributed by atoms with Crippen LogP contribution in [0.3, 0.4) is 0 Å². The molecular weight excluding hydrogens is 288 g/mol.